The molecule has 0 fully saturated rings. The van der Waals surface area contributed by atoms with E-state index in [4.69, 9.17) is 5.73 Å². The zero-order valence-electron chi connectivity index (χ0n) is 7.48. The van der Waals surface area contributed by atoms with E-state index in [1.807, 2.05) is 0 Å². The number of nitrogens with zero attached hydrogens (tertiary/aromatic N) is 1. The summed E-state index contributed by atoms with van der Waals surface area (Å²) in [6.07, 6.45) is 1.23. The lowest BCUT2D eigenvalue weighted by atomic mass is 10.2. The molecule has 14 heavy (non-hydrogen) atoms. The van der Waals surface area contributed by atoms with Crippen LogP contribution in [0, 0.1) is 0 Å². The van der Waals surface area contributed by atoms with E-state index in [0.29, 0.717) is 0 Å². The van der Waals surface area contributed by atoms with Crippen molar-refractivity contribution in [2.24, 2.45) is 5.73 Å². The highest BCUT2D eigenvalue weighted by atomic mass is 16.6. The van der Waals surface area contributed by atoms with Gasteiger partial charge in [-0.15, -0.1) is 0 Å². The van der Waals surface area contributed by atoms with Gasteiger partial charge in [0.2, 0.25) is 5.91 Å². The average Bonchev–Trinajstić information content (AvgIpc) is 2.18. The Morgan fingerprint density at radius 2 is 2.21 bits per heavy atom. The lowest BCUT2D eigenvalue weighted by Crippen LogP contribution is -2.23. The molecule has 1 aromatic rings. The number of hydroxylamine groups is 1. The van der Waals surface area contributed by atoms with E-state index < -0.39 is 11.8 Å². The van der Waals surface area contributed by atoms with Crippen molar-refractivity contribution >= 4 is 11.8 Å². The standard InChI is InChI=1S/C8H9N3O3/c1-14-11-8(13)6-3-2-5(4-10-6)7(9)12/h2-4H,1H3,(H2,9,12)(H,11,13). The fourth-order valence-electron chi connectivity index (χ4n) is 0.819. The molecule has 2 amide bonds. The molecular weight excluding hydrogens is 186 g/mol. The molecule has 1 rings (SSSR count). The van der Waals surface area contributed by atoms with Gasteiger partial charge in [-0.05, 0) is 12.1 Å². The van der Waals surface area contributed by atoms with E-state index in [2.05, 4.69) is 15.3 Å². The predicted molar refractivity (Wildman–Crippen MR) is 47.2 cm³/mol. The normalized spacial score (nSPS) is 9.50. The second-order valence-electron chi connectivity index (χ2n) is 2.43. The van der Waals surface area contributed by atoms with E-state index in [0.717, 1.165) is 0 Å². The number of aromatic nitrogens is 1. The molecule has 0 saturated heterocycles. The molecule has 74 valence electrons. The SMILES string of the molecule is CONC(=O)c1ccc(C(N)=O)cn1. The summed E-state index contributed by atoms with van der Waals surface area (Å²) in [5, 5.41) is 0. The van der Waals surface area contributed by atoms with Gasteiger partial charge in [0.15, 0.2) is 0 Å². The van der Waals surface area contributed by atoms with Crippen molar-refractivity contribution in [3.63, 3.8) is 0 Å². The van der Waals surface area contributed by atoms with Gasteiger partial charge in [-0.25, -0.2) is 5.48 Å². The van der Waals surface area contributed by atoms with E-state index in [1.54, 1.807) is 0 Å². The number of hydrogen-bond donors (Lipinski definition) is 2. The molecule has 1 aromatic heterocycles. The van der Waals surface area contributed by atoms with Crippen molar-refractivity contribution in [2.75, 3.05) is 7.11 Å². The lowest BCUT2D eigenvalue weighted by molar-refractivity contribution is 0.0532. The van der Waals surface area contributed by atoms with E-state index in [9.17, 15) is 9.59 Å². The Labute approximate surface area is 80.0 Å². The Hall–Kier alpha value is -1.95. The molecule has 0 saturated carbocycles. The van der Waals surface area contributed by atoms with Crippen LogP contribution < -0.4 is 11.2 Å². The molecule has 0 atom stereocenters. The summed E-state index contributed by atoms with van der Waals surface area (Å²) in [5.41, 5.74) is 7.49. The van der Waals surface area contributed by atoms with E-state index >= 15 is 0 Å². The maximum atomic E-state index is 11.1. The Morgan fingerprint density at radius 3 is 2.64 bits per heavy atom. The van der Waals surface area contributed by atoms with Crippen LogP contribution in [0.25, 0.3) is 0 Å². The van der Waals surface area contributed by atoms with Crippen LogP contribution in [0.15, 0.2) is 18.3 Å². The monoisotopic (exact) mass is 195 g/mol. The van der Waals surface area contributed by atoms with Crippen LogP contribution in [0.4, 0.5) is 0 Å². The summed E-state index contributed by atoms with van der Waals surface area (Å²) < 4.78 is 0. The first-order valence-corrected chi connectivity index (χ1v) is 3.74. The molecular formula is C8H9N3O3. The number of carbonyl (C=O) groups excluding carboxylic acids is 2. The van der Waals surface area contributed by atoms with Crippen molar-refractivity contribution in [2.45, 2.75) is 0 Å². The number of hydrogen-bond acceptors (Lipinski definition) is 4. The number of pyridine rings is 1. The zero-order valence-corrected chi connectivity index (χ0v) is 7.48. The third-order valence-electron chi connectivity index (χ3n) is 1.48. The highest BCUT2D eigenvalue weighted by Crippen LogP contribution is 1.99. The Morgan fingerprint density at radius 1 is 1.50 bits per heavy atom. The third-order valence-corrected chi connectivity index (χ3v) is 1.48. The Kier molecular flexibility index (Phi) is 3.14. The van der Waals surface area contributed by atoms with Crippen LogP contribution in [-0.2, 0) is 4.84 Å². The quantitative estimate of drug-likeness (QED) is 0.634. The number of amides is 2. The average molecular weight is 195 g/mol. The first kappa shape index (κ1) is 10.1. The van der Waals surface area contributed by atoms with Crippen molar-refractivity contribution in [1.82, 2.24) is 10.5 Å². The van der Waals surface area contributed by atoms with Gasteiger partial charge in [0.05, 0.1) is 12.7 Å². The maximum absolute atomic E-state index is 11.1. The number of nitrogens with two attached hydrogens (primary N) is 1. The molecule has 6 heteroatoms. The minimum atomic E-state index is -0.587. The van der Waals surface area contributed by atoms with Gasteiger partial charge in [0.25, 0.3) is 5.91 Å². The molecule has 0 spiro atoms. The van der Waals surface area contributed by atoms with E-state index in [1.165, 1.54) is 25.4 Å². The molecule has 0 aromatic carbocycles. The topological polar surface area (TPSA) is 94.3 Å². The summed E-state index contributed by atoms with van der Waals surface area (Å²) in [4.78, 5) is 29.9. The van der Waals surface area contributed by atoms with E-state index in [-0.39, 0.29) is 11.3 Å². The zero-order chi connectivity index (χ0) is 10.6. The molecule has 0 aliphatic rings. The Balaban J connectivity index is 2.83. The molecule has 6 nitrogen and oxygen atoms in total. The van der Waals surface area contributed by atoms with Crippen molar-refractivity contribution in [3.8, 4) is 0 Å². The van der Waals surface area contributed by atoms with Gasteiger partial charge in [-0.2, -0.15) is 0 Å². The fraction of sp³-hybridized carbons (Fsp3) is 0.125. The molecule has 0 bridgehead atoms. The number of nitrogens with one attached hydrogen (secondary N) is 1. The van der Waals surface area contributed by atoms with Crippen molar-refractivity contribution in [3.05, 3.63) is 29.6 Å². The predicted octanol–water partition coefficient (Wildman–Crippen LogP) is -0.528. The third kappa shape index (κ3) is 2.27. The smallest absolute Gasteiger partial charge is 0.293 e. The second kappa shape index (κ2) is 4.33. The van der Waals surface area contributed by atoms with Gasteiger partial charge in [0.1, 0.15) is 5.69 Å². The molecule has 1 heterocycles. The van der Waals surface area contributed by atoms with Crippen LogP contribution in [0.2, 0.25) is 0 Å². The van der Waals surface area contributed by atoms with Crippen LogP contribution >= 0.6 is 0 Å². The Bertz CT molecular complexity index is 347. The van der Waals surface area contributed by atoms with Crippen molar-refractivity contribution < 1.29 is 14.4 Å². The van der Waals surface area contributed by atoms with Crippen LogP contribution in [-0.4, -0.2) is 23.9 Å². The molecule has 0 radical (unpaired) electrons. The highest BCUT2D eigenvalue weighted by molar-refractivity contribution is 5.95. The summed E-state index contributed by atoms with van der Waals surface area (Å²) in [6.45, 7) is 0. The summed E-state index contributed by atoms with van der Waals surface area (Å²) in [6, 6.07) is 2.80. The summed E-state index contributed by atoms with van der Waals surface area (Å²) >= 11 is 0. The first-order chi connectivity index (χ1) is 6.65. The van der Waals surface area contributed by atoms with Gasteiger partial charge in [0, 0.05) is 6.20 Å². The largest absolute Gasteiger partial charge is 0.366 e. The molecule has 0 aliphatic carbocycles. The molecule has 3 N–H and O–H groups in total. The summed E-state index contributed by atoms with van der Waals surface area (Å²) in [7, 11) is 1.32. The number of rotatable bonds is 3. The van der Waals surface area contributed by atoms with Gasteiger partial charge < -0.3 is 5.73 Å². The van der Waals surface area contributed by atoms with Crippen LogP contribution in [0.1, 0.15) is 20.8 Å². The van der Waals surface area contributed by atoms with Gasteiger partial charge >= 0.3 is 0 Å². The minimum absolute atomic E-state index is 0.150. The summed E-state index contributed by atoms with van der Waals surface area (Å²) in [5.74, 6) is -1.07. The number of carbonyl (C=O) groups is 2. The van der Waals surface area contributed by atoms with Gasteiger partial charge in [-0.3, -0.25) is 19.4 Å². The second-order valence-corrected chi connectivity index (χ2v) is 2.43. The maximum Gasteiger partial charge on any atom is 0.293 e. The first-order valence-electron chi connectivity index (χ1n) is 3.74. The van der Waals surface area contributed by atoms with Crippen LogP contribution in [0.3, 0.4) is 0 Å². The minimum Gasteiger partial charge on any atom is -0.366 e. The van der Waals surface area contributed by atoms with Crippen molar-refractivity contribution in [1.29, 1.82) is 0 Å². The molecule has 0 aliphatic heterocycles. The number of primary amides is 1. The molecule has 0 unspecified atom stereocenters. The van der Waals surface area contributed by atoms with Gasteiger partial charge in [-0.1, -0.05) is 0 Å². The fourth-order valence-corrected chi connectivity index (χ4v) is 0.819. The lowest BCUT2D eigenvalue weighted by Gasteiger charge is -2.00. The highest BCUT2D eigenvalue weighted by Gasteiger charge is 2.07. The van der Waals surface area contributed by atoms with Crippen LogP contribution in [0.5, 0.6) is 0 Å².